The lowest BCUT2D eigenvalue weighted by molar-refractivity contribution is -0.139. The van der Waals surface area contributed by atoms with Crippen LogP contribution in [-0.4, -0.2) is 45.8 Å². The van der Waals surface area contributed by atoms with E-state index in [0.29, 0.717) is 11.1 Å². The topological polar surface area (TPSA) is 151 Å². The monoisotopic (exact) mass is 569 g/mol. The summed E-state index contributed by atoms with van der Waals surface area (Å²) in [6, 6.07) is 11.0. The van der Waals surface area contributed by atoms with E-state index < -0.39 is 30.4 Å². The fraction of sp³-hybridized carbons (Fsp3) is 0.148. The Hall–Kier alpha value is -5.27. The molecule has 5 N–H and O–H groups in total. The van der Waals surface area contributed by atoms with Gasteiger partial charge in [0.1, 0.15) is 12.1 Å². The number of benzene rings is 2. The van der Waals surface area contributed by atoms with E-state index in [1.807, 2.05) is 0 Å². The number of ether oxygens (including phenoxy) is 1. The van der Waals surface area contributed by atoms with Gasteiger partial charge in [-0.1, -0.05) is 12.1 Å². The van der Waals surface area contributed by atoms with E-state index in [9.17, 15) is 27.2 Å². The number of nitrogens with zero attached hydrogens (tertiary/aromatic N) is 4. The van der Waals surface area contributed by atoms with E-state index in [0.717, 1.165) is 10.6 Å². The van der Waals surface area contributed by atoms with Crippen molar-refractivity contribution in [2.45, 2.75) is 19.1 Å². The zero-order valence-electron chi connectivity index (χ0n) is 21.4. The summed E-state index contributed by atoms with van der Waals surface area (Å²) in [7, 11) is 1.54. The summed E-state index contributed by atoms with van der Waals surface area (Å²) < 4.78 is 61.1. The van der Waals surface area contributed by atoms with Gasteiger partial charge in [0.25, 0.3) is 5.91 Å². The number of fused-ring (bicyclic) bond motifs is 1. The van der Waals surface area contributed by atoms with Crippen LogP contribution >= 0.6 is 0 Å². The van der Waals surface area contributed by atoms with Gasteiger partial charge in [-0.15, -0.1) is 0 Å². The van der Waals surface area contributed by atoms with Gasteiger partial charge in [-0.3, -0.25) is 19.9 Å². The first-order chi connectivity index (χ1) is 19.5. The maximum Gasteiger partial charge on any atom is 0.406 e. The number of nitrogens with one attached hydrogen (secondary N) is 1. The number of pyridine rings is 1. The standard InChI is InChI=1S/C27H23F4N7O3/c1-34-13-17(12-32)16-5-6-21-20(11-16)36-26(38(21)14-27(29,30)31)37-23(39)10-15-4-7-22(19(28)9-15)41-25-18(24(33)40)3-2-8-35-25/h2-9,11-13H,10,14,32H2,1H3,(H2,33,40)(H,36,37,39). The van der Waals surface area contributed by atoms with Crippen LogP contribution in [0.1, 0.15) is 21.5 Å². The first-order valence-corrected chi connectivity index (χ1v) is 11.9. The molecule has 0 unspecified atom stereocenters. The minimum Gasteiger partial charge on any atom is -0.435 e. The highest BCUT2D eigenvalue weighted by molar-refractivity contribution is 6.10. The summed E-state index contributed by atoms with van der Waals surface area (Å²) in [6.45, 7) is -1.41. The number of carbonyl (C=O) groups is 2. The quantitative estimate of drug-likeness (QED) is 0.203. The Kier molecular flexibility index (Phi) is 8.31. The van der Waals surface area contributed by atoms with Crippen molar-refractivity contribution in [2.24, 2.45) is 16.5 Å². The fourth-order valence-electron chi connectivity index (χ4n) is 3.95. The van der Waals surface area contributed by atoms with E-state index in [4.69, 9.17) is 16.2 Å². The average Bonchev–Trinajstić information content (AvgIpc) is 3.23. The number of amides is 2. The number of rotatable bonds is 9. The van der Waals surface area contributed by atoms with Gasteiger partial charge in [-0.05, 0) is 47.5 Å². The molecule has 2 aromatic heterocycles. The van der Waals surface area contributed by atoms with Gasteiger partial charge in [0, 0.05) is 31.2 Å². The number of anilines is 1. The molecule has 0 saturated heterocycles. The van der Waals surface area contributed by atoms with Crippen molar-refractivity contribution in [1.29, 1.82) is 0 Å². The normalized spacial score (nSPS) is 12.2. The predicted octanol–water partition coefficient (Wildman–Crippen LogP) is 4.21. The third kappa shape index (κ3) is 6.84. The third-order valence-corrected chi connectivity index (χ3v) is 5.72. The van der Waals surface area contributed by atoms with Crippen molar-refractivity contribution < 1.29 is 31.9 Å². The van der Waals surface area contributed by atoms with E-state index in [1.165, 1.54) is 55.0 Å². The molecule has 10 nitrogen and oxygen atoms in total. The highest BCUT2D eigenvalue weighted by atomic mass is 19.4. The van der Waals surface area contributed by atoms with Crippen molar-refractivity contribution in [2.75, 3.05) is 12.4 Å². The number of carbonyl (C=O) groups excluding carboxylic acids is 2. The summed E-state index contributed by atoms with van der Waals surface area (Å²) in [5.41, 5.74) is 12.4. The SMILES string of the molecule is CN=CC(=CN)c1ccc2c(c1)nc(NC(=O)Cc1ccc(Oc3ncccc3C(N)=O)c(F)c1)n2CC(F)(F)F. The second-order valence-electron chi connectivity index (χ2n) is 8.66. The van der Waals surface area contributed by atoms with Gasteiger partial charge in [0.05, 0.1) is 17.5 Å². The molecule has 0 atom stereocenters. The highest BCUT2D eigenvalue weighted by Gasteiger charge is 2.31. The largest absolute Gasteiger partial charge is 0.435 e. The number of imidazole rings is 1. The molecule has 0 aliphatic rings. The molecular formula is C27H23F4N7O3. The Morgan fingerprint density at radius 2 is 1.95 bits per heavy atom. The molecule has 2 amide bonds. The zero-order chi connectivity index (χ0) is 29.7. The van der Waals surface area contributed by atoms with Crippen LogP contribution < -0.4 is 21.5 Å². The predicted molar refractivity (Wildman–Crippen MR) is 144 cm³/mol. The molecule has 41 heavy (non-hydrogen) atoms. The van der Waals surface area contributed by atoms with Crippen molar-refractivity contribution in [3.8, 4) is 11.6 Å². The molecule has 0 spiro atoms. The molecule has 212 valence electrons. The third-order valence-electron chi connectivity index (χ3n) is 5.72. The van der Waals surface area contributed by atoms with Crippen LogP contribution in [-0.2, 0) is 17.8 Å². The Labute approximate surface area is 230 Å². The number of primary amides is 1. The van der Waals surface area contributed by atoms with Gasteiger partial charge >= 0.3 is 6.18 Å². The molecule has 2 heterocycles. The van der Waals surface area contributed by atoms with Crippen molar-refractivity contribution in [1.82, 2.24) is 14.5 Å². The van der Waals surface area contributed by atoms with Crippen LogP contribution in [0.25, 0.3) is 16.6 Å². The van der Waals surface area contributed by atoms with E-state index in [2.05, 4.69) is 20.3 Å². The second kappa shape index (κ2) is 11.9. The van der Waals surface area contributed by atoms with Crippen molar-refractivity contribution in [3.63, 3.8) is 0 Å². The number of hydrogen-bond donors (Lipinski definition) is 3. The second-order valence-corrected chi connectivity index (χ2v) is 8.66. The average molecular weight is 570 g/mol. The number of halogens is 4. The van der Waals surface area contributed by atoms with Crippen LogP contribution in [0.5, 0.6) is 11.6 Å². The van der Waals surface area contributed by atoms with Crippen LogP contribution in [0, 0.1) is 5.82 Å². The van der Waals surface area contributed by atoms with E-state index >= 15 is 0 Å². The summed E-state index contributed by atoms with van der Waals surface area (Å²) in [5.74, 6) is -3.24. The summed E-state index contributed by atoms with van der Waals surface area (Å²) in [6.07, 6.45) is -0.881. The maximum atomic E-state index is 14.8. The van der Waals surface area contributed by atoms with Crippen molar-refractivity contribution >= 4 is 40.6 Å². The van der Waals surface area contributed by atoms with Crippen LogP contribution in [0.3, 0.4) is 0 Å². The Bertz CT molecular complexity index is 1680. The van der Waals surface area contributed by atoms with Gasteiger partial charge in [-0.25, -0.2) is 14.4 Å². The number of nitrogens with two attached hydrogens (primary N) is 2. The molecule has 4 aromatic rings. The van der Waals surface area contributed by atoms with Crippen LogP contribution in [0.4, 0.5) is 23.5 Å². The lowest BCUT2D eigenvalue weighted by Gasteiger charge is -2.13. The summed E-state index contributed by atoms with van der Waals surface area (Å²) in [4.78, 5) is 36.3. The molecule has 0 radical (unpaired) electrons. The first-order valence-electron chi connectivity index (χ1n) is 11.9. The maximum absolute atomic E-state index is 14.8. The van der Waals surface area contributed by atoms with Crippen LogP contribution in [0.15, 0.2) is 65.9 Å². The molecule has 4 rings (SSSR count). The van der Waals surface area contributed by atoms with Gasteiger partial charge in [0.2, 0.25) is 17.7 Å². The van der Waals surface area contributed by atoms with E-state index in [1.54, 1.807) is 13.1 Å². The number of hydrogen-bond acceptors (Lipinski definition) is 7. The minimum absolute atomic E-state index is 0.0574. The Balaban J connectivity index is 1.57. The summed E-state index contributed by atoms with van der Waals surface area (Å²) in [5, 5.41) is 2.38. The Morgan fingerprint density at radius 3 is 2.61 bits per heavy atom. The Morgan fingerprint density at radius 1 is 1.17 bits per heavy atom. The highest BCUT2D eigenvalue weighted by Crippen LogP contribution is 2.29. The smallest absolute Gasteiger partial charge is 0.406 e. The number of aromatic nitrogens is 3. The lowest BCUT2D eigenvalue weighted by Crippen LogP contribution is -2.22. The summed E-state index contributed by atoms with van der Waals surface area (Å²) >= 11 is 0. The molecule has 0 saturated carbocycles. The molecule has 0 aliphatic heterocycles. The van der Waals surface area contributed by atoms with Crippen molar-refractivity contribution in [3.05, 3.63) is 83.4 Å². The molecule has 2 aromatic carbocycles. The van der Waals surface area contributed by atoms with Gasteiger partial charge in [-0.2, -0.15) is 13.2 Å². The van der Waals surface area contributed by atoms with Crippen LogP contribution in [0.2, 0.25) is 0 Å². The number of alkyl halides is 3. The molecule has 14 heteroatoms. The molecular weight excluding hydrogens is 546 g/mol. The molecule has 0 bridgehead atoms. The lowest BCUT2D eigenvalue weighted by atomic mass is 10.1. The first kappa shape index (κ1) is 28.7. The van der Waals surface area contributed by atoms with Gasteiger partial charge in [0.15, 0.2) is 11.6 Å². The van der Waals surface area contributed by atoms with E-state index in [-0.39, 0.29) is 46.2 Å². The fourth-order valence-corrected chi connectivity index (χ4v) is 3.95. The number of allylic oxidation sites excluding steroid dienone is 1. The molecule has 0 aliphatic carbocycles. The number of aliphatic imine (C=N–C) groups is 1. The molecule has 0 fully saturated rings. The minimum atomic E-state index is -4.61. The zero-order valence-corrected chi connectivity index (χ0v) is 21.4. The van der Waals surface area contributed by atoms with Gasteiger partial charge < -0.3 is 20.8 Å².